The molecule has 0 aliphatic rings. The fraction of sp³-hybridized carbons (Fsp3) is 0.318. The molecule has 10 heteroatoms. The summed E-state index contributed by atoms with van der Waals surface area (Å²) in [6.07, 6.45) is 1.44. The Morgan fingerprint density at radius 3 is 2.34 bits per heavy atom. The molecule has 2 rings (SSSR count). The van der Waals surface area contributed by atoms with Gasteiger partial charge in [-0.3, -0.25) is 9.59 Å². The lowest BCUT2D eigenvalue weighted by atomic mass is 10.2. The van der Waals surface area contributed by atoms with Gasteiger partial charge in [0.15, 0.2) is 23.0 Å². The van der Waals surface area contributed by atoms with E-state index in [0.717, 1.165) is 0 Å². The molecule has 172 valence electrons. The molecule has 0 radical (unpaired) electrons. The number of amides is 2. The van der Waals surface area contributed by atoms with Crippen LogP contribution in [0.1, 0.15) is 29.8 Å². The monoisotopic (exact) mass is 507 g/mol. The van der Waals surface area contributed by atoms with E-state index in [-0.39, 0.29) is 12.6 Å². The number of carbonyl (C=O) groups is 2. The Morgan fingerprint density at radius 1 is 1.03 bits per heavy atom. The van der Waals surface area contributed by atoms with Crippen molar-refractivity contribution in [1.82, 2.24) is 10.7 Å². The zero-order valence-corrected chi connectivity index (χ0v) is 20.1. The molecule has 0 atom stereocenters. The zero-order chi connectivity index (χ0) is 23.7. The van der Waals surface area contributed by atoms with Crippen molar-refractivity contribution in [3.8, 4) is 23.0 Å². The summed E-state index contributed by atoms with van der Waals surface area (Å²) in [5.41, 5.74) is 3.38. The first-order valence-electron chi connectivity index (χ1n) is 9.65. The second kappa shape index (κ2) is 11.9. The Labute approximate surface area is 195 Å². The topological polar surface area (TPSA) is 107 Å². The third-order valence-corrected chi connectivity index (χ3v) is 4.65. The van der Waals surface area contributed by atoms with Crippen molar-refractivity contribution in [1.29, 1.82) is 0 Å². The van der Waals surface area contributed by atoms with E-state index < -0.39 is 11.8 Å². The molecule has 0 aromatic heterocycles. The van der Waals surface area contributed by atoms with Gasteiger partial charge in [0.1, 0.15) is 0 Å². The van der Waals surface area contributed by atoms with Crippen molar-refractivity contribution in [3.63, 3.8) is 0 Å². The van der Waals surface area contributed by atoms with Gasteiger partial charge < -0.3 is 24.3 Å². The third-order valence-electron chi connectivity index (χ3n) is 4.06. The minimum Gasteiger partial charge on any atom is -0.493 e. The van der Waals surface area contributed by atoms with Gasteiger partial charge in [-0.05, 0) is 65.7 Å². The van der Waals surface area contributed by atoms with Crippen LogP contribution in [0.5, 0.6) is 23.0 Å². The Kier molecular flexibility index (Phi) is 9.33. The first kappa shape index (κ1) is 25.0. The van der Waals surface area contributed by atoms with Gasteiger partial charge in [0, 0.05) is 5.56 Å². The van der Waals surface area contributed by atoms with Crippen molar-refractivity contribution in [3.05, 3.63) is 45.9 Å². The number of rotatable bonds is 10. The van der Waals surface area contributed by atoms with E-state index in [1.165, 1.54) is 26.5 Å². The number of hydrogen-bond acceptors (Lipinski definition) is 7. The van der Waals surface area contributed by atoms with Crippen LogP contribution in [0.15, 0.2) is 39.9 Å². The summed E-state index contributed by atoms with van der Waals surface area (Å²) in [5, 5.41) is 6.44. The van der Waals surface area contributed by atoms with Gasteiger partial charge in [0.2, 0.25) is 0 Å². The number of nitrogens with one attached hydrogen (secondary N) is 2. The molecule has 2 aromatic rings. The lowest BCUT2D eigenvalue weighted by molar-refractivity contribution is -0.120. The van der Waals surface area contributed by atoms with E-state index in [9.17, 15) is 9.59 Å². The Bertz CT molecular complexity index is 994. The van der Waals surface area contributed by atoms with Gasteiger partial charge in [-0.2, -0.15) is 5.10 Å². The van der Waals surface area contributed by atoms with E-state index in [0.29, 0.717) is 38.6 Å². The highest BCUT2D eigenvalue weighted by Crippen LogP contribution is 2.37. The van der Waals surface area contributed by atoms with Gasteiger partial charge in [-0.1, -0.05) is 0 Å². The summed E-state index contributed by atoms with van der Waals surface area (Å²) in [5.74, 6) is 1.12. The van der Waals surface area contributed by atoms with E-state index in [1.54, 1.807) is 31.4 Å². The van der Waals surface area contributed by atoms with E-state index in [1.807, 2.05) is 13.8 Å². The molecule has 2 N–H and O–H groups in total. The predicted molar refractivity (Wildman–Crippen MR) is 124 cm³/mol. The van der Waals surface area contributed by atoms with Crippen LogP contribution < -0.4 is 29.7 Å². The van der Waals surface area contributed by atoms with Crippen molar-refractivity contribution in [2.24, 2.45) is 5.10 Å². The minimum absolute atomic E-state index is 0.0202. The maximum atomic E-state index is 12.3. The number of halogens is 1. The molecule has 0 saturated heterocycles. The Morgan fingerprint density at radius 2 is 1.72 bits per heavy atom. The maximum Gasteiger partial charge on any atom is 0.259 e. The second-order valence-corrected chi connectivity index (χ2v) is 7.60. The summed E-state index contributed by atoms with van der Waals surface area (Å²) in [7, 11) is 4.52. The van der Waals surface area contributed by atoms with Gasteiger partial charge in [-0.15, -0.1) is 0 Å². The highest BCUT2D eigenvalue weighted by molar-refractivity contribution is 9.10. The van der Waals surface area contributed by atoms with Crippen LogP contribution in [-0.2, 0) is 4.79 Å². The molecular formula is C22H26BrN3O6. The second-order valence-electron chi connectivity index (χ2n) is 6.75. The van der Waals surface area contributed by atoms with E-state index in [2.05, 4.69) is 31.8 Å². The van der Waals surface area contributed by atoms with Crippen LogP contribution in [0.4, 0.5) is 0 Å². The first-order chi connectivity index (χ1) is 15.3. The lowest BCUT2D eigenvalue weighted by Crippen LogP contribution is -2.34. The van der Waals surface area contributed by atoms with Crippen LogP contribution in [-0.4, -0.2) is 52.0 Å². The summed E-state index contributed by atoms with van der Waals surface area (Å²) in [6, 6.07) is 8.24. The number of methoxy groups -OCH3 is 3. The van der Waals surface area contributed by atoms with Crippen LogP contribution in [0, 0.1) is 0 Å². The van der Waals surface area contributed by atoms with Gasteiger partial charge in [0.05, 0.1) is 44.7 Å². The molecule has 0 aliphatic heterocycles. The molecule has 0 heterocycles. The molecule has 2 aromatic carbocycles. The number of ether oxygens (including phenoxy) is 4. The summed E-state index contributed by atoms with van der Waals surface area (Å²) >= 11 is 3.45. The average Bonchev–Trinajstić information content (AvgIpc) is 2.78. The molecule has 9 nitrogen and oxygen atoms in total. The summed E-state index contributed by atoms with van der Waals surface area (Å²) in [4.78, 5) is 24.3. The molecule has 0 unspecified atom stereocenters. The lowest BCUT2D eigenvalue weighted by Gasteiger charge is -2.15. The SMILES string of the molecule is COc1ccc(C(=O)NCC(=O)NN=Cc2cc(Br)c(OC(C)C)c(OC)c2)cc1OC. The molecule has 0 fully saturated rings. The molecule has 0 saturated carbocycles. The standard InChI is InChI=1S/C22H26BrN3O6/c1-13(2)32-21-16(23)8-14(9-19(21)31-5)11-25-26-20(27)12-24-22(28)15-6-7-17(29-3)18(10-15)30-4/h6-11,13H,12H2,1-5H3,(H,24,28)(H,26,27). The van der Waals surface area contributed by atoms with E-state index >= 15 is 0 Å². The highest BCUT2D eigenvalue weighted by atomic mass is 79.9. The fourth-order valence-corrected chi connectivity index (χ4v) is 3.18. The van der Waals surface area contributed by atoms with Gasteiger partial charge in [-0.25, -0.2) is 5.43 Å². The molecule has 0 spiro atoms. The normalized spacial score (nSPS) is 10.7. The smallest absolute Gasteiger partial charge is 0.259 e. The minimum atomic E-state index is -0.485. The molecule has 0 bridgehead atoms. The van der Waals surface area contributed by atoms with Crippen LogP contribution >= 0.6 is 15.9 Å². The molecular weight excluding hydrogens is 482 g/mol. The highest BCUT2D eigenvalue weighted by Gasteiger charge is 2.13. The fourth-order valence-electron chi connectivity index (χ4n) is 2.62. The van der Waals surface area contributed by atoms with Crippen LogP contribution in [0.25, 0.3) is 0 Å². The van der Waals surface area contributed by atoms with Crippen molar-refractivity contribution < 1.29 is 28.5 Å². The largest absolute Gasteiger partial charge is 0.493 e. The number of hydrazone groups is 1. The van der Waals surface area contributed by atoms with Crippen molar-refractivity contribution in [2.75, 3.05) is 27.9 Å². The molecule has 0 aliphatic carbocycles. The van der Waals surface area contributed by atoms with Gasteiger partial charge in [0.25, 0.3) is 11.8 Å². The first-order valence-corrected chi connectivity index (χ1v) is 10.4. The molecule has 2 amide bonds. The Hall–Kier alpha value is -3.27. The quantitative estimate of drug-likeness (QED) is 0.377. The van der Waals surface area contributed by atoms with Crippen molar-refractivity contribution in [2.45, 2.75) is 20.0 Å². The summed E-state index contributed by atoms with van der Waals surface area (Å²) in [6.45, 7) is 3.58. The van der Waals surface area contributed by atoms with Gasteiger partial charge >= 0.3 is 0 Å². The Balaban J connectivity index is 1.94. The number of benzene rings is 2. The third kappa shape index (κ3) is 6.88. The predicted octanol–water partition coefficient (Wildman–Crippen LogP) is 3.14. The van der Waals surface area contributed by atoms with Crippen LogP contribution in [0.2, 0.25) is 0 Å². The molecule has 32 heavy (non-hydrogen) atoms. The van der Waals surface area contributed by atoms with E-state index in [4.69, 9.17) is 18.9 Å². The number of carbonyl (C=O) groups excluding carboxylic acids is 2. The van der Waals surface area contributed by atoms with Crippen molar-refractivity contribution >= 4 is 34.0 Å². The number of nitrogens with zero attached hydrogens (tertiary/aromatic N) is 1. The average molecular weight is 508 g/mol. The number of hydrogen-bond donors (Lipinski definition) is 2. The maximum absolute atomic E-state index is 12.3. The zero-order valence-electron chi connectivity index (χ0n) is 18.5. The summed E-state index contributed by atoms with van der Waals surface area (Å²) < 4.78 is 22.1. The van der Waals surface area contributed by atoms with Crippen LogP contribution in [0.3, 0.4) is 0 Å².